The predicted molar refractivity (Wildman–Crippen MR) is 24.9 cm³/mol. The summed E-state index contributed by atoms with van der Waals surface area (Å²) in [4.78, 5) is 0. The van der Waals surface area contributed by atoms with Crippen LogP contribution in [0.3, 0.4) is 0 Å². The number of rotatable bonds is 0. The van der Waals surface area contributed by atoms with Gasteiger partial charge in [0.25, 0.3) is 0 Å². The van der Waals surface area contributed by atoms with E-state index >= 15 is 0 Å². The molecule has 0 radical (unpaired) electrons. The molecule has 0 saturated heterocycles. The molecule has 0 aliphatic rings. The molecule has 0 saturated carbocycles. The maximum absolute atomic E-state index is 8.74. The number of hydrogen-bond donors (Lipinski definition) is 4. The Bertz CT molecular complexity index is 109. The molecule has 0 amide bonds. The zero-order valence-corrected chi connectivity index (χ0v) is 8.43. The fourth-order valence-electron chi connectivity index (χ4n) is 0. The van der Waals surface area contributed by atoms with Gasteiger partial charge in [0.1, 0.15) is 0 Å². The van der Waals surface area contributed by atoms with E-state index in [0.717, 1.165) is 0 Å². The van der Waals surface area contributed by atoms with Gasteiger partial charge in [0.05, 0.1) is 0 Å². The maximum atomic E-state index is 8.74. The summed E-state index contributed by atoms with van der Waals surface area (Å²) in [6.45, 7) is 0. The Labute approximate surface area is 62.5 Å². The SMILES string of the molecule is N.N.O=S(=O)(O)O.[O]=[Zn]. The third-order valence-electron chi connectivity index (χ3n) is 0. The van der Waals surface area contributed by atoms with Crippen LogP contribution in [0.4, 0.5) is 0 Å². The first-order valence-corrected chi connectivity index (χ1v) is 3.60. The zero-order valence-electron chi connectivity index (χ0n) is 4.65. The molecule has 0 aliphatic heterocycles. The Balaban J connectivity index is -0.0000000286. The van der Waals surface area contributed by atoms with E-state index in [2.05, 4.69) is 0 Å². The van der Waals surface area contributed by atoms with Crippen molar-refractivity contribution in [1.82, 2.24) is 12.3 Å². The second kappa shape index (κ2) is 11.1. The summed E-state index contributed by atoms with van der Waals surface area (Å²) < 4.78 is 40.0. The molecule has 9 heavy (non-hydrogen) atoms. The van der Waals surface area contributed by atoms with E-state index in [0.29, 0.717) is 0 Å². The summed E-state index contributed by atoms with van der Waals surface area (Å²) >= 11 is 0.125. The van der Waals surface area contributed by atoms with Crippen LogP contribution in [-0.2, 0) is 32.2 Å². The molecular formula is H8N2O5SZn. The van der Waals surface area contributed by atoms with Crippen molar-refractivity contribution in [2.45, 2.75) is 0 Å². The summed E-state index contributed by atoms with van der Waals surface area (Å²) in [5.41, 5.74) is 0. The van der Waals surface area contributed by atoms with E-state index in [9.17, 15) is 0 Å². The molecule has 0 aromatic carbocycles. The second-order valence-corrected chi connectivity index (χ2v) is 1.34. The minimum atomic E-state index is -4.67. The van der Waals surface area contributed by atoms with Gasteiger partial charge in [-0.3, -0.25) is 9.11 Å². The quantitative estimate of drug-likeness (QED) is 0.313. The molecule has 0 rings (SSSR count). The van der Waals surface area contributed by atoms with Gasteiger partial charge in [-0.05, 0) is 0 Å². The normalized spacial score (nSPS) is 7.11. The van der Waals surface area contributed by atoms with Gasteiger partial charge in [-0.1, -0.05) is 0 Å². The third kappa shape index (κ3) is 6960. The van der Waals surface area contributed by atoms with E-state index in [4.69, 9.17) is 21.1 Å². The predicted octanol–water partition coefficient (Wildman–Crippen LogP) is -0.450. The second-order valence-electron chi connectivity index (χ2n) is 0.448. The van der Waals surface area contributed by atoms with Gasteiger partial charge >= 0.3 is 32.2 Å². The Morgan fingerprint density at radius 3 is 1.00 bits per heavy atom. The molecule has 9 heteroatoms. The number of hydrogen-bond acceptors (Lipinski definition) is 5. The first-order valence-electron chi connectivity index (χ1n) is 0.987. The van der Waals surface area contributed by atoms with Gasteiger partial charge in [0.15, 0.2) is 0 Å². The van der Waals surface area contributed by atoms with Crippen LogP contribution in [0.15, 0.2) is 0 Å². The van der Waals surface area contributed by atoms with Crippen LogP contribution in [-0.4, -0.2) is 17.5 Å². The zero-order chi connectivity index (χ0) is 6.50. The van der Waals surface area contributed by atoms with Gasteiger partial charge in [-0.2, -0.15) is 8.42 Å². The van der Waals surface area contributed by atoms with Gasteiger partial charge < -0.3 is 12.3 Å². The fraction of sp³-hybridized carbons (Fsp3) is 0. The van der Waals surface area contributed by atoms with Crippen LogP contribution >= 0.6 is 0 Å². The third-order valence-corrected chi connectivity index (χ3v) is 0. The van der Waals surface area contributed by atoms with Crippen LogP contribution < -0.4 is 12.3 Å². The molecule has 0 atom stereocenters. The van der Waals surface area contributed by atoms with Crippen molar-refractivity contribution in [1.29, 1.82) is 0 Å². The summed E-state index contributed by atoms with van der Waals surface area (Å²) in [5.74, 6) is 0. The minimum absolute atomic E-state index is 0. The first kappa shape index (κ1) is 22.9. The molecule has 0 fully saturated rings. The van der Waals surface area contributed by atoms with E-state index in [1.54, 1.807) is 0 Å². The standard InChI is InChI=1S/2H3N.H2O4S.O.Zn/c;;1-5(2,3)4;;/h2*1H3;(H2,1,2,3,4);;. The monoisotopic (exact) mass is 212 g/mol. The van der Waals surface area contributed by atoms with Crippen LogP contribution in [0.25, 0.3) is 0 Å². The summed E-state index contributed by atoms with van der Waals surface area (Å²) in [5, 5.41) is 0. The van der Waals surface area contributed by atoms with E-state index in [-0.39, 0.29) is 30.6 Å². The molecule has 0 heterocycles. The average Bonchev–Trinajstić information content (AvgIpc) is 1.36. The molecule has 0 spiro atoms. The molecule has 0 bridgehead atoms. The molecule has 0 aliphatic carbocycles. The fourth-order valence-corrected chi connectivity index (χ4v) is 0. The summed E-state index contributed by atoms with van der Waals surface area (Å²) in [6, 6.07) is 0. The van der Waals surface area contributed by atoms with Crippen molar-refractivity contribution in [3.63, 3.8) is 0 Å². The molecule has 0 unspecified atom stereocenters. The van der Waals surface area contributed by atoms with Crippen LogP contribution in [0, 0.1) is 0 Å². The van der Waals surface area contributed by atoms with Crippen molar-refractivity contribution in [3.05, 3.63) is 0 Å². The Kier molecular flexibility index (Phi) is 28.1. The van der Waals surface area contributed by atoms with Gasteiger partial charge in [-0.15, -0.1) is 0 Å². The summed E-state index contributed by atoms with van der Waals surface area (Å²) in [7, 11) is -4.67. The van der Waals surface area contributed by atoms with E-state index in [1.807, 2.05) is 0 Å². The molecule has 8 N–H and O–H groups in total. The molecular weight excluding hydrogens is 205 g/mol. The van der Waals surface area contributed by atoms with Crippen molar-refractivity contribution < 1.29 is 39.3 Å². The van der Waals surface area contributed by atoms with E-state index in [1.165, 1.54) is 0 Å². The Morgan fingerprint density at radius 2 is 1.00 bits per heavy atom. The first-order chi connectivity index (χ1) is 3.00. The van der Waals surface area contributed by atoms with Crippen LogP contribution in [0.2, 0.25) is 0 Å². The van der Waals surface area contributed by atoms with Crippen LogP contribution in [0.1, 0.15) is 0 Å². The summed E-state index contributed by atoms with van der Waals surface area (Å²) in [6.07, 6.45) is 0. The van der Waals surface area contributed by atoms with Crippen molar-refractivity contribution in [3.8, 4) is 0 Å². The molecule has 0 aromatic heterocycles. The topological polar surface area (TPSA) is 162 Å². The van der Waals surface area contributed by atoms with Gasteiger partial charge in [-0.25, -0.2) is 0 Å². The van der Waals surface area contributed by atoms with Gasteiger partial charge in [0, 0.05) is 0 Å². The average molecular weight is 214 g/mol. The van der Waals surface area contributed by atoms with Crippen molar-refractivity contribution in [2.24, 2.45) is 0 Å². The molecule has 56 valence electrons. The molecule has 0 aromatic rings. The van der Waals surface area contributed by atoms with Crippen LogP contribution in [0.5, 0.6) is 0 Å². The Morgan fingerprint density at radius 1 is 1.00 bits per heavy atom. The van der Waals surface area contributed by atoms with E-state index < -0.39 is 10.4 Å². The Hall–Kier alpha value is 0.213. The van der Waals surface area contributed by atoms with Gasteiger partial charge in [0.2, 0.25) is 0 Å². The van der Waals surface area contributed by atoms with Crippen molar-refractivity contribution >= 4 is 10.4 Å². The molecule has 7 nitrogen and oxygen atoms in total. The van der Waals surface area contributed by atoms with Crippen molar-refractivity contribution in [2.75, 3.05) is 0 Å².